The van der Waals surface area contributed by atoms with Crippen LogP contribution in [0.5, 0.6) is 0 Å². The van der Waals surface area contributed by atoms with Crippen molar-refractivity contribution in [2.75, 3.05) is 6.61 Å². The van der Waals surface area contributed by atoms with Crippen molar-refractivity contribution in [1.29, 1.82) is 0 Å². The highest BCUT2D eigenvalue weighted by molar-refractivity contribution is 6.03. The summed E-state index contributed by atoms with van der Waals surface area (Å²) >= 11 is 0. The third-order valence-electron chi connectivity index (χ3n) is 1.76. The van der Waals surface area contributed by atoms with Crippen molar-refractivity contribution in [2.24, 2.45) is 0 Å². The van der Waals surface area contributed by atoms with Gasteiger partial charge in [0.1, 0.15) is 0 Å². The fourth-order valence-corrected chi connectivity index (χ4v) is 1.08. The van der Waals surface area contributed by atoms with Crippen LogP contribution in [0.2, 0.25) is 0 Å². The zero-order valence-electron chi connectivity index (χ0n) is 7.38. The van der Waals surface area contributed by atoms with Gasteiger partial charge in [-0.3, -0.25) is 4.79 Å². The SMILES string of the molecule is CC/C=C/C(=O)C1=COCCC1. The topological polar surface area (TPSA) is 26.3 Å². The van der Waals surface area contributed by atoms with E-state index in [0.717, 1.165) is 31.4 Å². The van der Waals surface area contributed by atoms with E-state index in [1.54, 1.807) is 12.3 Å². The number of ether oxygens (including phenoxy) is 1. The average molecular weight is 166 g/mol. The lowest BCUT2D eigenvalue weighted by atomic mass is 10.1. The minimum absolute atomic E-state index is 0.0940. The molecule has 1 rings (SSSR count). The standard InChI is InChI=1S/C10H14O2/c1-2-3-6-10(11)9-5-4-7-12-8-9/h3,6,8H,2,4-5,7H2,1H3/b6-3+. The molecule has 0 saturated carbocycles. The first-order valence-corrected chi connectivity index (χ1v) is 4.36. The molecule has 0 fully saturated rings. The van der Waals surface area contributed by atoms with Gasteiger partial charge >= 0.3 is 0 Å². The summed E-state index contributed by atoms with van der Waals surface area (Å²) in [5, 5.41) is 0. The Labute approximate surface area is 72.9 Å². The molecule has 0 unspecified atom stereocenters. The second-order valence-corrected chi connectivity index (χ2v) is 2.79. The molecular weight excluding hydrogens is 152 g/mol. The maximum atomic E-state index is 11.3. The zero-order chi connectivity index (χ0) is 8.81. The van der Waals surface area contributed by atoms with Crippen molar-refractivity contribution >= 4 is 5.78 Å². The van der Waals surface area contributed by atoms with E-state index in [1.165, 1.54) is 0 Å². The van der Waals surface area contributed by atoms with E-state index in [4.69, 9.17) is 4.74 Å². The third-order valence-corrected chi connectivity index (χ3v) is 1.76. The summed E-state index contributed by atoms with van der Waals surface area (Å²) in [7, 11) is 0. The van der Waals surface area contributed by atoms with Crippen LogP contribution in [0.15, 0.2) is 24.0 Å². The summed E-state index contributed by atoms with van der Waals surface area (Å²) in [6.07, 6.45) is 7.80. The van der Waals surface area contributed by atoms with Crippen LogP contribution in [0.25, 0.3) is 0 Å². The predicted octanol–water partition coefficient (Wildman–Crippen LogP) is 2.22. The van der Waals surface area contributed by atoms with Gasteiger partial charge in [0.25, 0.3) is 0 Å². The monoisotopic (exact) mass is 166 g/mol. The fourth-order valence-electron chi connectivity index (χ4n) is 1.08. The lowest BCUT2D eigenvalue weighted by Crippen LogP contribution is -2.06. The number of carbonyl (C=O) groups excluding carboxylic acids is 1. The Morgan fingerprint density at radius 3 is 3.17 bits per heavy atom. The van der Waals surface area contributed by atoms with Crippen molar-refractivity contribution < 1.29 is 9.53 Å². The van der Waals surface area contributed by atoms with Crippen molar-refractivity contribution in [3.63, 3.8) is 0 Å². The van der Waals surface area contributed by atoms with Crippen molar-refractivity contribution in [1.82, 2.24) is 0 Å². The van der Waals surface area contributed by atoms with Crippen LogP contribution in [0.3, 0.4) is 0 Å². The van der Waals surface area contributed by atoms with Gasteiger partial charge in [-0.1, -0.05) is 13.0 Å². The number of allylic oxidation sites excluding steroid dienone is 3. The van der Waals surface area contributed by atoms with Crippen LogP contribution in [-0.2, 0) is 9.53 Å². The molecule has 1 heterocycles. The molecule has 66 valence electrons. The fraction of sp³-hybridized carbons (Fsp3) is 0.500. The van der Waals surface area contributed by atoms with E-state index in [1.807, 2.05) is 13.0 Å². The Morgan fingerprint density at radius 2 is 2.58 bits per heavy atom. The van der Waals surface area contributed by atoms with Crippen LogP contribution in [0, 0.1) is 0 Å². The first kappa shape index (κ1) is 9.04. The van der Waals surface area contributed by atoms with Crippen molar-refractivity contribution in [2.45, 2.75) is 26.2 Å². The maximum Gasteiger partial charge on any atom is 0.184 e. The molecule has 0 aromatic rings. The van der Waals surface area contributed by atoms with E-state index in [0.29, 0.717) is 0 Å². The largest absolute Gasteiger partial charge is 0.501 e. The molecule has 0 aromatic carbocycles. The van der Waals surface area contributed by atoms with Crippen molar-refractivity contribution in [3.8, 4) is 0 Å². The van der Waals surface area contributed by atoms with Gasteiger partial charge in [0.2, 0.25) is 0 Å². The Hall–Kier alpha value is -1.05. The number of rotatable bonds is 3. The second kappa shape index (κ2) is 4.75. The van der Waals surface area contributed by atoms with Gasteiger partial charge in [-0.25, -0.2) is 0 Å². The van der Waals surface area contributed by atoms with Gasteiger partial charge in [-0.15, -0.1) is 0 Å². The highest BCUT2D eigenvalue weighted by atomic mass is 16.5. The molecule has 0 aromatic heterocycles. The smallest absolute Gasteiger partial charge is 0.184 e. The summed E-state index contributed by atoms with van der Waals surface area (Å²) in [6, 6.07) is 0. The molecule has 0 bridgehead atoms. The molecule has 0 amide bonds. The molecule has 12 heavy (non-hydrogen) atoms. The highest BCUT2D eigenvalue weighted by Crippen LogP contribution is 2.12. The Bertz CT molecular complexity index is 214. The molecule has 2 nitrogen and oxygen atoms in total. The summed E-state index contributed by atoms with van der Waals surface area (Å²) in [4.78, 5) is 11.3. The molecule has 2 heteroatoms. The van der Waals surface area contributed by atoms with E-state index >= 15 is 0 Å². The van der Waals surface area contributed by atoms with Crippen LogP contribution in [-0.4, -0.2) is 12.4 Å². The highest BCUT2D eigenvalue weighted by Gasteiger charge is 2.09. The molecule has 0 atom stereocenters. The Balaban J connectivity index is 2.51. The minimum Gasteiger partial charge on any atom is -0.501 e. The molecule has 0 aliphatic carbocycles. The molecule has 0 saturated heterocycles. The van der Waals surface area contributed by atoms with E-state index < -0.39 is 0 Å². The first-order chi connectivity index (χ1) is 5.84. The average Bonchev–Trinajstić information content (AvgIpc) is 2.15. The number of hydrogen-bond acceptors (Lipinski definition) is 2. The van der Waals surface area contributed by atoms with Crippen molar-refractivity contribution in [3.05, 3.63) is 24.0 Å². The third kappa shape index (κ3) is 2.53. The number of hydrogen-bond donors (Lipinski definition) is 0. The van der Waals surface area contributed by atoms with Gasteiger partial charge in [-0.05, 0) is 25.3 Å². The second-order valence-electron chi connectivity index (χ2n) is 2.79. The summed E-state index contributed by atoms with van der Waals surface area (Å²) in [5.74, 6) is 0.0940. The molecule has 1 aliphatic heterocycles. The van der Waals surface area contributed by atoms with Crippen LogP contribution in [0.1, 0.15) is 26.2 Å². The number of ketones is 1. The van der Waals surface area contributed by atoms with Crippen LogP contribution in [0.4, 0.5) is 0 Å². The van der Waals surface area contributed by atoms with Gasteiger partial charge in [-0.2, -0.15) is 0 Å². The lowest BCUT2D eigenvalue weighted by molar-refractivity contribution is -0.111. The molecule has 1 aliphatic rings. The van der Waals surface area contributed by atoms with Gasteiger partial charge < -0.3 is 4.74 Å². The summed E-state index contributed by atoms with van der Waals surface area (Å²) in [6.45, 7) is 2.75. The Morgan fingerprint density at radius 1 is 1.75 bits per heavy atom. The lowest BCUT2D eigenvalue weighted by Gasteiger charge is -2.10. The Kier molecular flexibility index (Phi) is 3.58. The molecule has 0 N–H and O–H groups in total. The maximum absolute atomic E-state index is 11.3. The normalized spacial score (nSPS) is 17.2. The molecule has 0 spiro atoms. The zero-order valence-corrected chi connectivity index (χ0v) is 7.38. The van der Waals surface area contributed by atoms with E-state index in [-0.39, 0.29) is 5.78 Å². The van der Waals surface area contributed by atoms with Crippen LogP contribution < -0.4 is 0 Å². The summed E-state index contributed by atoms with van der Waals surface area (Å²) in [5.41, 5.74) is 0.797. The summed E-state index contributed by atoms with van der Waals surface area (Å²) < 4.78 is 5.07. The van der Waals surface area contributed by atoms with Gasteiger partial charge in [0.05, 0.1) is 12.9 Å². The molecular formula is C10H14O2. The minimum atomic E-state index is 0.0940. The van der Waals surface area contributed by atoms with Gasteiger partial charge in [0, 0.05) is 5.57 Å². The van der Waals surface area contributed by atoms with Gasteiger partial charge in [0.15, 0.2) is 5.78 Å². The molecule has 0 radical (unpaired) electrons. The van der Waals surface area contributed by atoms with Crippen LogP contribution >= 0.6 is 0 Å². The first-order valence-electron chi connectivity index (χ1n) is 4.36. The quantitative estimate of drug-likeness (QED) is 0.601. The van der Waals surface area contributed by atoms with E-state index in [9.17, 15) is 4.79 Å². The number of carbonyl (C=O) groups is 1. The predicted molar refractivity (Wildman–Crippen MR) is 47.7 cm³/mol. The van der Waals surface area contributed by atoms with E-state index in [2.05, 4.69) is 0 Å².